The summed E-state index contributed by atoms with van der Waals surface area (Å²) in [5, 5.41) is 7.66. The number of hydrogen-bond acceptors (Lipinski definition) is 2. The fourth-order valence-corrected chi connectivity index (χ4v) is 2.46. The SMILES string of the molecule is CN(CC(C)(C)C)c1cccc(Br)c1C(=N)N. The summed E-state index contributed by atoms with van der Waals surface area (Å²) in [6.45, 7) is 7.47. The molecule has 1 aromatic rings. The second-order valence-corrected chi connectivity index (χ2v) is 6.32. The van der Waals surface area contributed by atoms with Gasteiger partial charge in [0, 0.05) is 23.8 Å². The molecule has 1 rings (SSSR count). The van der Waals surface area contributed by atoms with Crippen molar-refractivity contribution >= 4 is 27.5 Å². The molecule has 94 valence electrons. The molecule has 0 aromatic heterocycles. The quantitative estimate of drug-likeness (QED) is 0.665. The van der Waals surface area contributed by atoms with E-state index in [1.165, 1.54) is 0 Å². The van der Waals surface area contributed by atoms with Gasteiger partial charge in [-0.15, -0.1) is 0 Å². The third-order valence-corrected chi connectivity index (χ3v) is 3.04. The van der Waals surface area contributed by atoms with Crippen LogP contribution >= 0.6 is 15.9 Å². The fraction of sp³-hybridized carbons (Fsp3) is 0.462. The van der Waals surface area contributed by atoms with Gasteiger partial charge in [0.05, 0.1) is 5.56 Å². The lowest BCUT2D eigenvalue weighted by Crippen LogP contribution is -2.31. The number of anilines is 1. The molecule has 17 heavy (non-hydrogen) atoms. The second kappa shape index (κ2) is 5.08. The molecular weight excluding hydrogens is 278 g/mol. The number of hydrogen-bond donors (Lipinski definition) is 2. The van der Waals surface area contributed by atoms with Crippen LogP contribution in [0.4, 0.5) is 5.69 Å². The highest BCUT2D eigenvalue weighted by Gasteiger charge is 2.18. The Morgan fingerprint density at radius 2 is 2.00 bits per heavy atom. The van der Waals surface area contributed by atoms with E-state index in [0.717, 1.165) is 22.3 Å². The minimum Gasteiger partial charge on any atom is -0.384 e. The lowest BCUT2D eigenvalue weighted by atomic mass is 9.95. The summed E-state index contributed by atoms with van der Waals surface area (Å²) in [7, 11) is 2.03. The van der Waals surface area contributed by atoms with E-state index in [1.54, 1.807) is 0 Å². The second-order valence-electron chi connectivity index (χ2n) is 5.46. The van der Waals surface area contributed by atoms with Gasteiger partial charge in [0.15, 0.2) is 0 Å². The zero-order valence-corrected chi connectivity index (χ0v) is 12.4. The van der Waals surface area contributed by atoms with Gasteiger partial charge in [-0.2, -0.15) is 0 Å². The Kier molecular flexibility index (Phi) is 4.20. The van der Waals surface area contributed by atoms with Crippen molar-refractivity contribution in [2.45, 2.75) is 20.8 Å². The van der Waals surface area contributed by atoms with Gasteiger partial charge in [0.25, 0.3) is 0 Å². The molecule has 0 saturated heterocycles. The molecule has 4 heteroatoms. The number of nitrogens with zero attached hydrogens (tertiary/aromatic N) is 1. The monoisotopic (exact) mass is 297 g/mol. The van der Waals surface area contributed by atoms with Crippen molar-refractivity contribution in [2.24, 2.45) is 11.1 Å². The van der Waals surface area contributed by atoms with Crippen LogP contribution in [0.5, 0.6) is 0 Å². The molecule has 0 aliphatic rings. The molecule has 0 radical (unpaired) electrons. The van der Waals surface area contributed by atoms with Crippen LogP contribution in [0.2, 0.25) is 0 Å². The van der Waals surface area contributed by atoms with Crippen LogP contribution in [0.25, 0.3) is 0 Å². The first-order valence-electron chi connectivity index (χ1n) is 5.56. The molecule has 0 aliphatic carbocycles. The molecule has 3 N–H and O–H groups in total. The maximum absolute atomic E-state index is 7.66. The fourth-order valence-electron chi connectivity index (χ4n) is 1.89. The van der Waals surface area contributed by atoms with E-state index in [0.29, 0.717) is 0 Å². The first-order chi connectivity index (χ1) is 7.72. The van der Waals surface area contributed by atoms with Gasteiger partial charge in [-0.1, -0.05) is 26.8 Å². The van der Waals surface area contributed by atoms with Crippen LogP contribution in [0.15, 0.2) is 22.7 Å². The summed E-state index contributed by atoms with van der Waals surface area (Å²) in [6, 6.07) is 5.86. The number of nitrogens with one attached hydrogen (secondary N) is 1. The average molecular weight is 298 g/mol. The van der Waals surface area contributed by atoms with Crippen molar-refractivity contribution in [3.63, 3.8) is 0 Å². The maximum Gasteiger partial charge on any atom is 0.126 e. The standard InChI is InChI=1S/C13H20BrN3/c1-13(2,3)8-17(4)10-7-5-6-9(14)11(10)12(15)16/h5-7H,8H2,1-4H3,(H3,15,16). The molecule has 0 fully saturated rings. The number of nitrogen functional groups attached to an aromatic ring is 1. The van der Waals surface area contributed by atoms with Gasteiger partial charge in [-0.3, -0.25) is 5.41 Å². The largest absolute Gasteiger partial charge is 0.384 e. The van der Waals surface area contributed by atoms with E-state index < -0.39 is 0 Å². The van der Waals surface area contributed by atoms with Crippen LogP contribution < -0.4 is 10.6 Å². The predicted octanol–water partition coefficient (Wildman–Crippen LogP) is 3.22. The first-order valence-corrected chi connectivity index (χ1v) is 6.36. The number of benzene rings is 1. The Morgan fingerprint density at radius 1 is 1.41 bits per heavy atom. The molecule has 0 spiro atoms. The van der Waals surface area contributed by atoms with Crippen molar-refractivity contribution in [3.05, 3.63) is 28.2 Å². The molecule has 0 saturated carbocycles. The summed E-state index contributed by atoms with van der Waals surface area (Å²) >= 11 is 3.45. The van der Waals surface area contributed by atoms with Crippen molar-refractivity contribution in [1.29, 1.82) is 5.41 Å². The minimum atomic E-state index is 0.0910. The highest BCUT2D eigenvalue weighted by atomic mass is 79.9. The molecule has 0 amide bonds. The van der Waals surface area contributed by atoms with Crippen LogP contribution in [0, 0.1) is 10.8 Å². The molecule has 0 atom stereocenters. The lowest BCUT2D eigenvalue weighted by molar-refractivity contribution is 0.419. The molecule has 0 aliphatic heterocycles. The molecular formula is C13H20BrN3. The molecule has 3 nitrogen and oxygen atoms in total. The summed E-state index contributed by atoms with van der Waals surface area (Å²) in [6.07, 6.45) is 0. The van der Waals surface area contributed by atoms with Gasteiger partial charge in [0.1, 0.15) is 5.84 Å². The topological polar surface area (TPSA) is 53.1 Å². The minimum absolute atomic E-state index is 0.0910. The van der Waals surface area contributed by atoms with Gasteiger partial charge in [-0.05, 0) is 33.5 Å². The predicted molar refractivity (Wildman–Crippen MR) is 77.9 cm³/mol. The van der Waals surface area contributed by atoms with Gasteiger partial charge in [-0.25, -0.2) is 0 Å². The molecule has 0 unspecified atom stereocenters. The molecule has 0 heterocycles. The Labute approximate surface area is 112 Å². The lowest BCUT2D eigenvalue weighted by Gasteiger charge is -2.30. The van der Waals surface area contributed by atoms with Gasteiger partial charge >= 0.3 is 0 Å². The van der Waals surface area contributed by atoms with Crippen LogP contribution in [0.1, 0.15) is 26.3 Å². The summed E-state index contributed by atoms with van der Waals surface area (Å²) in [5.41, 5.74) is 7.59. The summed E-state index contributed by atoms with van der Waals surface area (Å²) in [4.78, 5) is 2.14. The van der Waals surface area contributed by atoms with Crippen LogP contribution in [-0.2, 0) is 0 Å². The maximum atomic E-state index is 7.66. The Hall–Kier alpha value is -1.03. The van der Waals surface area contributed by atoms with Crippen molar-refractivity contribution < 1.29 is 0 Å². The van der Waals surface area contributed by atoms with E-state index in [4.69, 9.17) is 11.1 Å². The Morgan fingerprint density at radius 3 is 2.47 bits per heavy atom. The van der Waals surface area contributed by atoms with Crippen molar-refractivity contribution in [2.75, 3.05) is 18.5 Å². The Bertz CT molecular complexity index is 421. The zero-order valence-electron chi connectivity index (χ0n) is 10.8. The number of amidine groups is 1. The average Bonchev–Trinajstić information content (AvgIpc) is 2.13. The molecule has 0 bridgehead atoms. The third-order valence-electron chi connectivity index (χ3n) is 2.38. The third kappa shape index (κ3) is 3.73. The van der Waals surface area contributed by atoms with E-state index >= 15 is 0 Å². The van der Waals surface area contributed by atoms with E-state index in [9.17, 15) is 0 Å². The zero-order chi connectivity index (χ0) is 13.2. The Balaban J connectivity index is 3.13. The highest BCUT2D eigenvalue weighted by Crippen LogP contribution is 2.28. The summed E-state index contributed by atoms with van der Waals surface area (Å²) < 4.78 is 0.864. The van der Waals surface area contributed by atoms with Crippen LogP contribution in [0.3, 0.4) is 0 Å². The number of rotatable bonds is 3. The highest BCUT2D eigenvalue weighted by molar-refractivity contribution is 9.10. The smallest absolute Gasteiger partial charge is 0.126 e. The number of halogens is 1. The van der Waals surface area contributed by atoms with Crippen LogP contribution in [-0.4, -0.2) is 19.4 Å². The van der Waals surface area contributed by atoms with E-state index in [1.807, 2.05) is 25.2 Å². The molecule has 1 aromatic carbocycles. The normalized spacial score (nSPS) is 11.4. The van der Waals surface area contributed by atoms with Gasteiger partial charge in [0.2, 0.25) is 0 Å². The van der Waals surface area contributed by atoms with Gasteiger partial charge < -0.3 is 10.6 Å². The van der Waals surface area contributed by atoms with E-state index in [2.05, 4.69) is 41.6 Å². The van der Waals surface area contributed by atoms with E-state index in [-0.39, 0.29) is 11.3 Å². The number of nitrogens with two attached hydrogens (primary N) is 1. The first kappa shape index (κ1) is 14.0. The summed E-state index contributed by atoms with van der Waals surface area (Å²) in [5.74, 6) is 0.0910. The van der Waals surface area contributed by atoms with Crippen molar-refractivity contribution in [1.82, 2.24) is 0 Å². The van der Waals surface area contributed by atoms with Crippen molar-refractivity contribution in [3.8, 4) is 0 Å².